The molecule has 1 fully saturated rings. The molecule has 0 aliphatic carbocycles. The molecule has 1 heterocycles. The number of para-hydroxylation sites is 1. The zero-order chi connectivity index (χ0) is 17.6. The van der Waals surface area contributed by atoms with E-state index in [1.807, 2.05) is 24.3 Å². The minimum atomic E-state index is -0.428. The molecule has 0 bridgehead atoms. The lowest BCUT2D eigenvalue weighted by atomic mass is 10.1. The zero-order valence-corrected chi connectivity index (χ0v) is 14.1. The van der Waals surface area contributed by atoms with Gasteiger partial charge in [-0.15, -0.1) is 0 Å². The Bertz CT molecular complexity index is 721. The summed E-state index contributed by atoms with van der Waals surface area (Å²) in [5.41, 5.74) is 1.10. The Hall–Kier alpha value is -2.44. The zero-order valence-electron chi connectivity index (χ0n) is 14.1. The number of likely N-dealkylation sites (N-methyl/N-ethyl adjacent to an activating group) is 1. The number of amides is 1. The smallest absolute Gasteiger partial charge is 0.250 e. The van der Waals surface area contributed by atoms with Crippen LogP contribution in [0.15, 0.2) is 48.5 Å². The number of halogens is 1. The summed E-state index contributed by atoms with van der Waals surface area (Å²) in [7, 11) is 1.61. The van der Waals surface area contributed by atoms with E-state index in [0.717, 1.165) is 18.7 Å². The molecule has 1 aliphatic rings. The van der Waals surface area contributed by atoms with Gasteiger partial charge in [-0.25, -0.2) is 4.39 Å². The highest BCUT2D eigenvalue weighted by molar-refractivity contribution is 5.80. The van der Waals surface area contributed by atoms with E-state index in [4.69, 9.17) is 9.47 Å². The standard InChI is InChI=1S/C19H21FN2O3/c1-21-19(23)18-13-22(10-11-24-18)12-14-6-8-15(9-7-14)25-17-5-3-2-4-16(17)20/h2-9,18H,10-13H2,1H3,(H,21,23)/t18-/m0/s1. The number of nitrogens with one attached hydrogen (secondary N) is 1. The number of nitrogens with zero attached hydrogens (tertiary/aromatic N) is 1. The Morgan fingerprint density at radius 2 is 2.04 bits per heavy atom. The van der Waals surface area contributed by atoms with E-state index < -0.39 is 6.10 Å². The van der Waals surface area contributed by atoms with E-state index in [9.17, 15) is 9.18 Å². The number of rotatable bonds is 5. The number of carbonyl (C=O) groups is 1. The lowest BCUT2D eigenvalue weighted by Gasteiger charge is -2.31. The number of ether oxygens (including phenoxy) is 2. The van der Waals surface area contributed by atoms with Crippen LogP contribution in [0.25, 0.3) is 0 Å². The van der Waals surface area contributed by atoms with Crippen molar-refractivity contribution in [2.24, 2.45) is 0 Å². The molecule has 25 heavy (non-hydrogen) atoms. The minimum Gasteiger partial charge on any atom is -0.454 e. The van der Waals surface area contributed by atoms with Crippen LogP contribution >= 0.6 is 0 Å². The monoisotopic (exact) mass is 344 g/mol. The molecule has 1 N–H and O–H groups in total. The molecule has 3 rings (SSSR count). The van der Waals surface area contributed by atoms with E-state index in [0.29, 0.717) is 18.9 Å². The number of hydrogen-bond acceptors (Lipinski definition) is 4. The highest BCUT2D eigenvalue weighted by Crippen LogP contribution is 2.24. The summed E-state index contributed by atoms with van der Waals surface area (Å²) >= 11 is 0. The van der Waals surface area contributed by atoms with E-state index >= 15 is 0 Å². The van der Waals surface area contributed by atoms with Crippen LogP contribution in [0.2, 0.25) is 0 Å². The number of carbonyl (C=O) groups excluding carboxylic acids is 1. The summed E-state index contributed by atoms with van der Waals surface area (Å²) < 4.78 is 24.7. The lowest BCUT2D eigenvalue weighted by Crippen LogP contribution is -2.48. The van der Waals surface area contributed by atoms with Crippen LogP contribution in [0, 0.1) is 5.82 Å². The maximum absolute atomic E-state index is 13.6. The van der Waals surface area contributed by atoms with E-state index in [1.54, 1.807) is 25.2 Å². The van der Waals surface area contributed by atoms with Crippen molar-refractivity contribution in [1.82, 2.24) is 10.2 Å². The second-order valence-corrected chi connectivity index (χ2v) is 5.89. The summed E-state index contributed by atoms with van der Waals surface area (Å²) in [6, 6.07) is 13.8. The Labute approximate surface area is 146 Å². The van der Waals surface area contributed by atoms with Crippen molar-refractivity contribution in [2.45, 2.75) is 12.6 Å². The number of hydrogen-bond donors (Lipinski definition) is 1. The predicted octanol–water partition coefficient (Wildman–Crippen LogP) is 2.56. The summed E-state index contributed by atoms with van der Waals surface area (Å²) in [6.45, 7) is 2.59. The quantitative estimate of drug-likeness (QED) is 0.906. The number of benzene rings is 2. The van der Waals surface area contributed by atoms with Gasteiger partial charge < -0.3 is 14.8 Å². The summed E-state index contributed by atoms with van der Waals surface area (Å²) in [5.74, 6) is 0.300. The van der Waals surface area contributed by atoms with Crippen LogP contribution in [-0.4, -0.2) is 43.7 Å². The number of morpholine rings is 1. The van der Waals surface area contributed by atoms with Gasteiger partial charge >= 0.3 is 0 Å². The SMILES string of the molecule is CNC(=O)[C@@H]1CN(Cc2ccc(Oc3ccccc3F)cc2)CCO1. The van der Waals surface area contributed by atoms with Crippen LogP contribution < -0.4 is 10.1 Å². The van der Waals surface area contributed by atoms with Gasteiger partial charge in [0.25, 0.3) is 0 Å². The fraction of sp³-hybridized carbons (Fsp3) is 0.316. The Morgan fingerprint density at radius 3 is 2.76 bits per heavy atom. The first-order valence-electron chi connectivity index (χ1n) is 8.22. The van der Waals surface area contributed by atoms with Crippen molar-refractivity contribution in [1.29, 1.82) is 0 Å². The van der Waals surface area contributed by atoms with Gasteiger partial charge in [0.1, 0.15) is 11.9 Å². The molecule has 0 aromatic heterocycles. The molecular formula is C19H21FN2O3. The maximum Gasteiger partial charge on any atom is 0.250 e. The molecule has 2 aromatic rings. The topological polar surface area (TPSA) is 50.8 Å². The van der Waals surface area contributed by atoms with Crippen LogP contribution in [0.4, 0.5) is 4.39 Å². The molecule has 132 valence electrons. The minimum absolute atomic E-state index is 0.0988. The molecule has 2 aromatic carbocycles. The van der Waals surface area contributed by atoms with E-state index in [-0.39, 0.29) is 17.5 Å². The van der Waals surface area contributed by atoms with Crippen LogP contribution in [0.1, 0.15) is 5.56 Å². The van der Waals surface area contributed by atoms with Crippen LogP contribution in [0.5, 0.6) is 11.5 Å². The normalized spacial score (nSPS) is 17.9. The molecule has 0 radical (unpaired) electrons. The first kappa shape index (κ1) is 17.4. The molecule has 0 saturated carbocycles. The summed E-state index contributed by atoms with van der Waals surface area (Å²) in [4.78, 5) is 13.9. The van der Waals surface area contributed by atoms with Crippen LogP contribution in [0.3, 0.4) is 0 Å². The molecule has 1 atom stereocenters. The highest BCUT2D eigenvalue weighted by atomic mass is 19.1. The third kappa shape index (κ3) is 4.55. The van der Waals surface area contributed by atoms with Crippen molar-refractivity contribution in [3.05, 3.63) is 59.9 Å². The van der Waals surface area contributed by atoms with Gasteiger partial charge in [-0.05, 0) is 29.8 Å². The molecule has 6 heteroatoms. The van der Waals surface area contributed by atoms with Gasteiger partial charge in [-0.1, -0.05) is 24.3 Å². The second-order valence-electron chi connectivity index (χ2n) is 5.89. The Balaban J connectivity index is 1.59. The van der Waals surface area contributed by atoms with E-state index in [1.165, 1.54) is 6.07 Å². The second kappa shape index (κ2) is 8.09. The average Bonchev–Trinajstić information content (AvgIpc) is 2.65. The molecular weight excluding hydrogens is 323 g/mol. The van der Waals surface area contributed by atoms with E-state index in [2.05, 4.69) is 10.2 Å². The molecule has 1 saturated heterocycles. The van der Waals surface area contributed by atoms with Gasteiger partial charge in [0, 0.05) is 26.7 Å². The average molecular weight is 344 g/mol. The maximum atomic E-state index is 13.6. The van der Waals surface area contributed by atoms with Crippen molar-refractivity contribution < 1.29 is 18.7 Å². The van der Waals surface area contributed by atoms with Gasteiger partial charge in [-0.3, -0.25) is 9.69 Å². The Morgan fingerprint density at radius 1 is 1.28 bits per heavy atom. The third-order valence-electron chi connectivity index (χ3n) is 4.08. The van der Waals surface area contributed by atoms with Crippen molar-refractivity contribution in [3.8, 4) is 11.5 Å². The first-order chi connectivity index (χ1) is 12.2. The van der Waals surface area contributed by atoms with Gasteiger partial charge in [0.05, 0.1) is 6.61 Å². The Kier molecular flexibility index (Phi) is 5.63. The largest absolute Gasteiger partial charge is 0.454 e. The van der Waals surface area contributed by atoms with Crippen molar-refractivity contribution >= 4 is 5.91 Å². The van der Waals surface area contributed by atoms with Gasteiger partial charge in [0.2, 0.25) is 5.91 Å². The molecule has 1 amide bonds. The summed E-state index contributed by atoms with van der Waals surface area (Å²) in [6.07, 6.45) is -0.428. The fourth-order valence-corrected chi connectivity index (χ4v) is 2.74. The molecule has 1 aliphatic heterocycles. The molecule has 0 spiro atoms. The van der Waals surface area contributed by atoms with Crippen molar-refractivity contribution in [2.75, 3.05) is 26.7 Å². The molecule has 5 nitrogen and oxygen atoms in total. The summed E-state index contributed by atoms with van der Waals surface area (Å²) in [5, 5.41) is 2.62. The van der Waals surface area contributed by atoms with Crippen LogP contribution in [-0.2, 0) is 16.1 Å². The lowest BCUT2D eigenvalue weighted by molar-refractivity contribution is -0.138. The molecule has 0 unspecified atom stereocenters. The predicted molar refractivity (Wildman–Crippen MR) is 92.0 cm³/mol. The van der Waals surface area contributed by atoms with Gasteiger partial charge in [-0.2, -0.15) is 0 Å². The third-order valence-corrected chi connectivity index (χ3v) is 4.08. The fourth-order valence-electron chi connectivity index (χ4n) is 2.74. The highest BCUT2D eigenvalue weighted by Gasteiger charge is 2.25. The first-order valence-corrected chi connectivity index (χ1v) is 8.22. The van der Waals surface area contributed by atoms with Gasteiger partial charge in [0.15, 0.2) is 11.6 Å². The van der Waals surface area contributed by atoms with Crippen molar-refractivity contribution in [3.63, 3.8) is 0 Å².